The first-order valence-corrected chi connectivity index (χ1v) is 12.5. The fourth-order valence-electron chi connectivity index (χ4n) is 2.59. The Hall–Kier alpha value is -0.0969. The van der Waals surface area contributed by atoms with Gasteiger partial charge in [0.25, 0.3) is 0 Å². The molecular weight excluding hydrogens is 354 g/mol. The Kier molecular flexibility index (Phi) is 6.14. The third-order valence-corrected chi connectivity index (χ3v) is 3.33. The van der Waals surface area contributed by atoms with Crippen molar-refractivity contribution >= 4 is 17.0 Å². The molecule has 19 heavy (non-hydrogen) atoms. The molecule has 0 fully saturated rings. The number of fused-ring (bicyclic) bond motifs is 1. The second kappa shape index (κ2) is 7.62. The van der Waals surface area contributed by atoms with Crippen LogP contribution in [-0.2, 0) is 33.7 Å². The molecule has 0 saturated heterocycles. The molecule has 0 N–H and O–H groups in total. The van der Waals surface area contributed by atoms with E-state index in [1.165, 1.54) is 22.3 Å². The molecule has 0 radical (unpaired) electrons. The molecule has 0 nitrogen and oxygen atoms in total. The first-order valence-electron chi connectivity index (χ1n) is 6.20. The molecule has 0 saturated carbocycles. The first kappa shape index (κ1) is 15.3. The third-order valence-electron chi connectivity index (χ3n) is 3.33. The standard InChI is InChI=1S/C16H15.2ClH.Zr/c1-12-10-14-8-5-9-15(16(14)11-12)13-6-3-2-4-7-13;;;/h2-9H,10-11H2,1H3;2*1H;/q-1;;;+2/p-2. The molecule has 1 aliphatic rings. The van der Waals surface area contributed by atoms with Crippen molar-refractivity contribution in [2.24, 2.45) is 0 Å². The van der Waals surface area contributed by atoms with E-state index in [1.807, 2.05) is 0 Å². The van der Waals surface area contributed by atoms with Gasteiger partial charge < -0.3 is 5.92 Å². The molecule has 2 aromatic carbocycles. The zero-order valence-electron chi connectivity index (χ0n) is 10.8. The van der Waals surface area contributed by atoms with Crippen LogP contribution in [0.2, 0.25) is 0 Å². The van der Waals surface area contributed by atoms with Crippen LogP contribution in [0.3, 0.4) is 0 Å². The average molecular weight is 369 g/mol. The van der Waals surface area contributed by atoms with Crippen molar-refractivity contribution in [3.63, 3.8) is 0 Å². The summed E-state index contributed by atoms with van der Waals surface area (Å²) in [5.41, 5.74) is 5.80. The SMILES string of the molecule is C[C-]1Cc2cccc(-c3ccccc3)c2C1.[Cl][Zr][Cl]. The molecule has 0 bridgehead atoms. The molecule has 3 heteroatoms. The zero-order valence-corrected chi connectivity index (χ0v) is 14.8. The van der Waals surface area contributed by atoms with Crippen LogP contribution < -0.4 is 0 Å². The number of hydrogen-bond acceptors (Lipinski definition) is 0. The molecule has 0 spiro atoms. The normalized spacial score (nSPS) is 13.4. The number of rotatable bonds is 1. The molecular formula is C16H15Cl2Zr-. The Morgan fingerprint density at radius 1 is 0.947 bits per heavy atom. The summed E-state index contributed by atoms with van der Waals surface area (Å²) in [6.07, 6.45) is 2.32. The zero-order chi connectivity index (χ0) is 13.7. The van der Waals surface area contributed by atoms with E-state index in [4.69, 9.17) is 17.0 Å². The van der Waals surface area contributed by atoms with E-state index in [-0.39, 0.29) is 0 Å². The fraction of sp³-hybridized carbons (Fsp3) is 0.188. The van der Waals surface area contributed by atoms with Gasteiger partial charge in [0.05, 0.1) is 0 Å². The van der Waals surface area contributed by atoms with Crippen LogP contribution in [0, 0.1) is 5.92 Å². The summed E-state index contributed by atoms with van der Waals surface area (Å²) in [6, 6.07) is 17.4. The van der Waals surface area contributed by atoms with Gasteiger partial charge in [-0.15, -0.1) is 0 Å². The van der Waals surface area contributed by atoms with E-state index >= 15 is 0 Å². The Labute approximate surface area is 133 Å². The summed E-state index contributed by atoms with van der Waals surface area (Å²) in [5, 5.41) is 0. The number of halogens is 2. The second-order valence-corrected chi connectivity index (χ2v) is 8.42. The fourth-order valence-corrected chi connectivity index (χ4v) is 2.59. The predicted molar refractivity (Wildman–Crippen MR) is 79.9 cm³/mol. The van der Waals surface area contributed by atoms with Gasteiger partial charge in [0, 0.05) is 0 Å². The molecule has 0 aliphatic heterocycles. The Morgan fingerprint density at radius 2 is 1.63 bits per heavy atom. The second-order valence-electron chi connectivity index (χ2n) is 4.69. The third kappa shape index (κ3) is 3.94. The minimum atomic E-state index is -0.826. The maximum absolute atomic E-state index is 4.93. The van der Waals surface area contributed by atoms with Crippen LogP contribution in [-0.4, -0.2) is 0 Å². The van der Waals surface area contributed by atoms with Gasteiger partial charge in [0.2, 0.25) is 0 Å². The molecule has 3 rings (SSSR count). The monoisotopic (exact) mass is 367 g/mol. The topological polar surface area (TPSA) is 0 Å². The summed E-state index contributed by atoms with van der Waals surface area (Å²) in [7, 11) is 9.87. The summed E-state index contributed by atoms with van der Waals surface area (Å²) in [6.45, 7) is 2.26. The summed E-state index contributed by atoms with van der Waals surface area (Å²) in [5.74, 6) is 1.58. The van der Waals surface area contributed by atoms with E-state index in [0.717, 1.165) is 12.8 Å². The van der Waals surface area contributed by atoms with Crippen LogP contribution in [0.15, 0.2) is 48.5 Å². The van der Waals surface area contributed by atoms with Crippen molar-refractivity contribution in [2.45, 2.75) is 19.8 Å². The van der Waals surface area contributed by atoms with Crippen molar-refractivity contribution < 1.29 is 20.8 Å². The van der Waals surface area contributed by atoms with Crippen molar-refractivity contribution in [1.82, 2.24) is 0 Å². The number of hydrogen-bond donors (Lipinski definition) is 0. The van der Waals surface area contributed by atoms with Gasteiger partial charge in [-0.1, -0.05) is 59.7 Å². The van der Waals surface area contributed by atoms with Crippen LogP contribution in [0.5, 0.6) is 0 Å². The first-order chi connectivity index (χ1) is 9.26. The molecule has 1 aliphatic carbocycles. The molecule has 0 amide bonds. The van der Waals surface area contributed by atoms with Gasteiger partial charge >= 0.3 is 37.9 Å². The number of benzene rings is 2. The van der Waals surface area contributed by atoms with E-state index in [1.54, 1.807) is 5.92 Å². The Morgan fingerprint density at radius 3 is 2.32 bits per heavy atom. The van der Waals surface area contributed by atoms with Crippen LogP contribution in [0.25, 0.3) is 11.1 Å². The van der Waals surface area contributed by atoms with Gasteiger partial charge in [-0.3, -0.25) is 0 Å². The average Bonchev–Trinajstić information content (AvgIpc) is 2.80. The molecule has 0 aromatic heterocycles. The molecule has 2 aromatic rings. The quantitative estimate of drug-likeness (QED) is 0.589. The Balaban J connectivity index is 0.000000408. The summed E-state index contributed by atoms with van der Waals surface area (Å²) >= 11 is -0.826. The van der Waals surface area contributed by atoms with Crippen LogP contribution >= 0.6 is 17.0 Å². The predicted octanol–water partition coefficient (Wildman–Crippen LogP) is 5.42. The molecule has 0 unspecified atom stereocenters. The van der Waals surface area contributed by atoms with E-state index in [0.29, 0.717) is 0 Å². The molecule has 0 heterocycles. The summed E-state index contributed by atoms with van der Waals surface area (Å²) < 4.78 is 0. The van der Waals surface area contributed by atoms with Gasteiger partial charge in [-0.2, -0.15) is 19.8 Å². The summed E-state index contributed by atoms with van der Waals surface area (Å²) in [4.78, 5) is 0. The Bertz CT molecular complexity index is 526. The molecule has 0 atom stereocenters. The maximum atomic E-state index is 4.93. The molecule has 98 valence electrons. The van der Waals surface area contributed by atoms with E-state index < -0.39 is 20.8 Å². The van der Waals surface area contributed by atoms with Gasteiger partial charge in [0.15, 0.2) is 0 Å². The van der Waals surface area contributed by atoms with Gasteiger partial charge in [0.1, 0.15) is 0 Å². The van der Waals surface area contributed by atoms with Gasteiger partial charge in [-0.25, -0.2) is 0 Å². The van der Waals surface area contributed by atoms with E-state index in [9.17, 15) is 0 Å². The van der Waals surface area contributed by atoms with E-state index in [2.05, 4.69) is 55.5 Å². The van der Waals surface area contributed by atoms with Crippen molar-refractivity contribution in [3.8, 4) is 11.1 Å². The van der Waals surface area contributed by atoms with Crippen LogP contribution in [0.4, 0.5) is 0 Å². The minimum absolute atomic E-state index is 0.826. The van der Waals surface area contributed by atoms with Crippen LogP contribution in [0.1, 0.15) is 18.1 Å². The van der Waals surface area contributed by atoms with Crippen molar-refractivity contribution in [2.75, 3.05) is 0 Å². The van der Waals surface area contributed by atoms with Crippen molar-refractivity contribution in [1.29, 1.82) is 0 Å². The van der Waals surface area contributed by atoms with Gasteiger partial charge in [-0.05, 0) is 11.1 Å². The van der Waals surface area contributed by atoms with Crippen molar-refractivity contribution in [3.05, 3.63) is 65.6 Å².